The predicted molar refractivity (Wildman–Crippen MR) is 105 cm³/mol. The van der Waals surface area contributed by atoms with Crippen LogP contribution in [0, 0.1) is 12.7 Å². The van der Waals surface area contributed by atoms with Crippen molar-refractivity contribution in [3.8, 4) is 0 Å². The highest BCUT2D eigenvalue weighted by atomic mass is 19.1. The molecule has 2 heterocycles. The molecule has 1 aromatic heterocycles. The molecule has 0 spiro atoms. The molecule has 6 nitrogen and oxygen atoms in total. The number of hydrogen-bond donors (Lipinski definition) is 2. The van der Waals surface area contributed by atoms with Crippen LogP contribution in [0.2, 0.25) is 0 Å². The molecule has 140 valence electrons. The molecule has 0 radical (unpaired) electrons. The Morgan fingerprint density at radius 1 is 1.26 bits per heavy atom. The number of carbonyl (C=O) groups excluding carboxylic acids is 1. The van der Waals surface area contributed by atoms with Crippen LogP contribution in [-0.2, 0) is 7.05 Å². The number of anilines is 2. The molecule has 2 amide bonds. The maximum atomic E-state index is 13.9. The van der Waals surface area contributed by atoms with Gasteiger partial charge in [-0.3, -0.25) is 4.68 Å². The van der Waals surface area contributed by atoms with Crippen LogP contribution >= 0.6 is 0 Å². The lowest BCUT2D eigenvalue weighted by Gasteiger charge is -2.19. The standard InChI is InChI=1S/C20H22FN5O/c1-13-16-8-7-14(11-19(16)25(2)24-13)22-20(27)23-15-9-10-26(12-15)18-6-4-3-5-17(18)21/h3-8,11,15H,9-10,12H2,1-2H3,(H2,22,23,27). The normalized spacial score (nSPS) is 16.7. The molecule has 3 aromatic rings. The molecule has 1 aliphatic heterocycles. The Labute approximate surface area is 157 Å². The van der Waals surface area contributed by atoms with E-state index in [1.54, 1.807) is 16.8 Å². The molecule has 4 rings (SSSR count). The predicted octanol–water partition coefficient (Wildman–Crippen LogP) is 3.42. The van der Waals surface area contributed by atoms with E-state index < -0.39 is 0 Å². The van der Waals surface area contributed by atoms with Gasteiger partial charge in [0, 0.05) is 37.3 Å². The number of nitrogens with zero attached hydrogens (tertiary/aromatic N) is 3. The maximum Gasteiger partial charge on any atom is 0.319 e. The molecule has 1 atom stereocenters. The summed E-state index contributed by atoms with van der Waals surface area (Å²) >= 11 is 0. The highest BCUT2D eigenvalue weighted by molar-refractivity contribution is 5.93. The molecule has 1 saturated heterocycles. The SMILES string of the molecule is Cc1nn(C)c2cc(NC(=O)NC3CCN(c4ccccc4F)C3)ccc12. The van der Waals surface area contributed by atoms with Crippen LogP contribution in [0.15, 0.2) is 42.5 Å². The van der Waals surface area contributed by atoms with Crippen molar-refractivity contribution in [2.24, 2.45) is 7.05 Å². The van der Waals surface area contributed by atoms with Gasteiger partial charge in [-0.1, -0.05) is 12.1 Å². The number of aromatic nitrogens is 2. The first-order valence-electron chi connectivity index (χ1n) is 9.01. The van der Waals surface area contributed by atoms with E-state index in [0.29, 0.717) is 24.5 Å². The molecule has 0 aliphatic carbocycles. The maximum absolute atomic E-state index is 13.9. The summed E-state index contributed by atoms with van der Waals surface area (Å²) in [5.41, 5.74) is 3.23. The summed E-state index contributed by atoms with van der Waals surface area (Å²) in [5, 5.41) is 11.3. The smallest absolute Gasteiger partial charge is 0.319 e. The number of amides is 2. The average molecular weight is 367 g/mol. The average Bonchev–Trinajstić information content (AvgIpc) is 3.20. The summed E-state index contributed by atoms with van der Waals surface area (Å²) in [7, 11) is 1.88. The van der Waals surface area contributed by atoms with Gasteiger partial charge in [0.15, 0.2) is 0 Å². The van der Waals surface area contributed by atoms with Crippen LogP contribution in [0.4, 0.5) is 20.6 Å². The number of benzene rings is 2. The van der Waals surface area contributed by atoms with Gasteiger partial charge in [-0.15, -0.1) is 0 Å². The topological polar surface area (TPSA) is 62.2 Å². The highest BCUT2D eigenvalue weighted by Gasteiger charge is 2.25. The second-order valence-electron chi connectivity index (χ2n) is 6.92. The van der Waals surface area contributed by atoms with Gasteiger partial charge in [-0.2, -0.15) is 5.10 Å². The number of carbonyl (C=O) groups is 1. The zero-order chi connectivity index (χ0) is 19.0. The Kier molecular flexibility index (Phi) is 4.43. The number of hydrogen-bond acceptors (Lipinski definition) is 3. The highest BCUT2D eigenvalue weighted by Crippen LogP contribution is 2.24. The number of rotatable bonds is 3. The molecule has 7 heteroatoms. The van der Waals surface area contributed by atoms with Crippen LogP contribution in [0.3, 0.4) is 0 Å². The van der Waals surface area contributed by atoms with Crippen molar-refractivity contribution in [3.05, 3.63) is 54.0 Å². The summed E-state index contributed by atoms with van der Waals surface area (Å²) in [5.74, 6) is -0.234. The fraction of sp³-hybridized carbons (Fsp3) is 0.300. The second-order valence-corrected chi connectivity index (χ2v) is 6.92. The van der Waals surface area contributed by atoms with E-state index in [9.17, 15) is 9.18 Å². The Morgan fingerprint density at radius 2 is 2.07 bits per heavy atom. The zero-order valence-electron chi connectivity index (χ0n) is 15.4. The van der Waals surface area contributed by atoms with Gasteiger partial charge in [0.2, 0.25) is 0 Å². The number of fused-ring (bicyclic) bond motifs is 1. The summed E-state index contributed by atoms with van der Waals surface area (Å²) in [6.45, 7) is 3.27. The van der Waals surface area contributed by atoms with Crippen molar-refractivity contribution in [2.75, 3.05) is 23.3 Å². The third-order valence-corrected chi connectivity index (χ3v) is 5.01. The third-order valence-electron chi connectivity index (χ3n) is 5.01. The summed E-state index contributed by atoms with van der Waals surface area (Å²) in [6.07, 6.45) is 0.779. The molecule has 2 N–H and O–H groups in total. The van der Waals surface area contributed by atoms with Crippen LogP contribution < -0.4 is 15.5 Å². The van der Waals surface area contributed by atoms with E-state index >= 15 is 0 Å². The molecule has 27 heavy (non-hydrogen) atoms. The molecule has 1 fully saturated rings. The van der Waals surface area contributed by atoms with Crippen molar-refractivity contribution in [2.45, 2.75) is 19.4 Å². The fourth-order valence-electron chi connectivity index (χ4n) is 3.67. The lowest BCUT2D eigenvalue weighted by molar-refractivity contribution is 0.249. The third kappa shape index (κ3) is 3.45. The van der Waals surface area contributed by atoms with E-state index in [4.69, 9.17) is 0 Å². The molecular formula is C20H22FN5O. The Balaban J connectivity index is 1.39. The van der Waals surface area contributed by atoms with E-state index in [2.05, 4.69) is 15.7 Å². The first kappa shape index (κ1) is 17.3. The molecule has 1 aliphatic rings. The largest absolute Gasteiger partial charge is 0.367 e. The summed E-state index contributed by atoms with van der Waals surface area (Å²) < 4.78 is 15.7. The quantitative estimate of drug-likeness (QED) is 0.746. The van der Waals surface area contributed by atoms with Gasteiger partial charge in [0.1, 0.15) is 5.82 Å². The van der Waals surface area contributed by atoms with Gasteiger partial charge >= 0.3 is 6.03 Å². The number of para-hydroxylation sites is 1. The molecule has 0 saturated carbocycles. The van der Waals surface area contributed by atoms with Gasteiger partial charge in [0.25, 0.3) is 0 Å². The Morgan fingerprint density at radius 3 is 2.89 bits per heavy atom. The van der Waals surface area contributed by atoms with Gasteiger partial charge in [-0.05, 0) is 43.7 Å². The first-order chi connectivity index (χ1) is 13.0. The second kappa shape index (κ2) is 6.90. The lowest BCUT2D eigenvalue weighted by atomic mass is 10.2. The minimum atomic E-state index is -0.256. The van der Waals surface area contributed by atoms with Crippen molar-refractivity contribution in [1.82, 2.24) is 15.1 Å². The number of halogens is 1. The Bertz CT molecular complexity index is 999. The minimum absolute atomic E-state index is 0.0210. The lowest BCUT2D eigenvalue weighted by Crippen LogP contribution is -2.39. The number of urea groups is 1. The Hall–Kier alpha value is -3.09. The number of nitrogens with one attached hydrogen (secondary N) is 2. The zero-order valence-corrected chi connectivity index (χ0v) is 15.4. The molecule has 1 unspecified atom stereocenters. The summed E-state index contributed by atoms with van der Waals surface area (Å²) in [4.78, 5) is 14.3. The van der Waals surface area contributed by atoms with E-state index in [1.165, 1.54) is 6.07 Å². The van der Waals surface area contributed by atoms with E-state index in [1.807, 2.05) is 43.1 Å². The van der Waals surface area contributed by atoms with Gasteiger partial charge < -0.3 is 15.5 Å². The molecular weight excluding hydrogens is 345 g/mol. The fourth-order valence-corrected chi connectivity index (χ4v) is 3.67. The first-order valence-corrected chi connectivity index (χ1v) is 9.01. The number of aryl methyl sites for hydroxylation is 2. The van der Waals surface area contributed by atoms with Crippen LogP contribution in [0.25, 0.3) is 10.9 Å². The van der Waals surface area contributed by atoms with Crippen molar-refractivity contribution < 1.29 is 9.18 Å². The van der Waals surface area contributed by atoms with Crippen molar-refractivity contribution in [3.63, 3.8) is 0 Å². The van der Waals surface area contributed by atoms with Crippen LogP contribution in [0.5, 0.6) is 0 Å². The monoisotopic (exact) mass is 367 g/mol. The summed E-state index contributed by atoms with van der Waals surface area (Å²) in [6, 6.07) is 12.2. The van der Waals surface area contributed by atoms with Crippen molar-refractivity contribution >= 4 is 28.3 Å². The molecule has 2 aromatic carbocycles. The van der Waals surface area contributed by atoms with Gasteiger partial charge in [-0.25, -0.2) is 9.18 Å². The van der Waals surface area contributed by atoms with Crippen LogP contribution in [-0.4, -0.2) is 34.9 Å². The molecule has 0 bridgehead atoms. The van der Waals surface area contributed by atoms with E-state index in [0.717, 1.165) is 23.0 Å². The van der Waals surface area contributed by atoms with Crippen LogP contribution in [0.1, 0.15) is 12.1 Å². The minimum Gasteiger partial charge on any atom is -0.367 e. The van der Waals surface area contributed by atoms with Gasteiger partial charge in [0.05, 0.1) is 16.9 Å². The van der Waals surface area contributed by atoms with Crippen molar-refractivity contribution in [1.29, 1.82) is 0 Å². The van der Waals surface area contributed by atoms with E-state index in [-0.39, 0.29) is 17.9 Å².